The number of thioether (sulfide) groups is 1. The third kappa shape index (κ3) is 5.30. The lowest BCUT2D eigenvalue weighted by Crippen LogP contribution is -2.19. The van der Waals surface area contributed by atoms with Crippen molar-refractivity contribution >= 4 is 56.9 Å². The maximum atomic E-state index is 11.8. The third-order valence-electron chi connectivity index (χ3n) is 3.19. The number of fused-ring (bicyclic) bond motifs is 1. The van der Waals surface area contributed by atoms with Crippen molar-refractivity contribution in [3.63, 3.8) is 0 Å². The molecule has 2 N–H and O–H groups in total. The molecule has 0 aliphatic heterocycles. The zero-order chi connectivity index (χ0) is 17.5. The van der Waals surface area contributed by atoms with E-state index in [1.165, 1.54) is 11.8 Å². The van der Waals surface area contributed by atoms with Crippen LogP contribution in [0, 0.1) is 0 Å². The minimum absolute atomic E-state index is 0.193. The van der Waals surface area contributed by atoms with Crippen LogP contribution in [-0.2, 0) is 4.79 Å². The molecule has 0 saturated carbocycles. The summed E-state index contributed by atoms with van der Waals surface area (Å²) in [7, 11) is 0. The lowest BCUT2D eigenvalue weighted by molar-refractivity contribution is -0.118. The molecular formula is C18H15BrN4OS. The number of halogens is 1. The van der Waals surface area contributed by atoms with E-state index in [1.807, 2.05) is 60.7 Å². The SMILES string of the molecule is O=C(CSc1nc2ccccc2[nH]1)N/N=C/C(Br)=C/c1ccccc1. The first-order valence-electron chi connectivity index (χ1n) is 7.52. The minimum Gasteiger partial charge on any atom is -0.333 e. The van der Waals surface area contributed by atoms with Crippen molar-refractivity contribution in [1.82, 2.24) is 15.4 Å². The summed E-state index contributed by atoms with van der Waals surface area (Å²) in [5, 5.41) is 4.65. The number of aromatic nitrogens is 2. The van der Waals surface area contributed by atoms with Crippen LogP contribution in [0.5, 0.6) is 0 Å². The molecule has 7 heteroatoms. The largest absolute Gasteiger partial charge is 0.333 e. The Balaban J connectivity index is 1.48. The number of nitrogens with zero attached hydrogens (tertiary/aromatic N) is 2. The van der Waals surface area contributed by atoms with E-state index in [1.54, 1.807) is 6.21 Å². The van der Waals surface area contributed by atoms with Gasteiger partial charge >= 0.3 is 0 Å². The maximum absolute atomic E-state index is 11.8. The van der Waals surface area contributed by atoms with Crippen LogP contribution in [0.15, 0.2) is 69.3 Å². The van der Waals surface area contributed by atoms with Gasteiger partial charge in [0.2, 0.25) is 0 Å². The van der Waals surface area contributed by atoms with Gasteiger partial charge in [0.1, 0.15) is 0 Å². The number of benzene rings is 2. The standard InChI is InChI=1S/C18H15BrN4OS/c19-14(10-13-6-2-1-3-7-13)11-20-23-17(24)12-25-18-21-15-8-4-5-9-16(15)22-18/h1-11H,12H2,(H,21,22)(H,23,24)/b14-10-,20-11+. The molecule has 25 heavy (non-hydrogen) atoms. The quantitative estimate of drug-likeness (QED) is 0.360. The van der Waals surface area contributed by atoms with E-state index in [0.717, 1.165) is 21.1 Å². The van der Waals surface area contributed by atoms with Gasteiger partial charge in [-0.1, -0.05) is 54.2 Å². The van der Waals surface area contributed by atoms with Gasteiger partial charge in [-0.05, 0) is 39.7 Å². The van der Waals surface area contributed by atoms with E-state index in [2.05, 4.69) is 36.4 Å². The van der Waals surface area contributed by atoms with Crippen molar-refractivity contribution in [3.8, 4) is 0 Å². The van der Waals surface area contributed by atoms with E-state index in [9.17, 15) is 4.79 Å². The zero-order valence-corrected chi connectivity index (χ0v) is 15.5. The van der Waals surface area contributed by atoms with Crippen LogP contribution < -0.4 is 5.43 Å². The molecule has 2 aromatic carbocycles. The second-order valence-corrected chi connectivity index (χ2v) is 6.96. The molecule has 0 aliphatic carbocycles. The Kier molecular flexibility index (Phi) is 6.03. The Hall–Kier alpha value is -2.38. The fourth-order valence-electron chi connectivity index (χ4n) is 2.08. The third-order valence-corrected chi connectivity index (χ3v) is 4.50. The number of rotatable bonds is 6. The molecule has 0 fully saturated rings. The molecule has 0 spiro atoms. The van der Waals surface area contributed by atoms with Gasteiger partial charge in [0.25, 0.3) is 5.91 Å². The van der Waals surface area contributed by atoms with Gasteiger partial charge in [0.15, 0.2) is 5.16 Å². The highest BCUT2D eigenvalue weighted by Crippen LogP contribution is 2.18. The van der Waals surface area contributed by atoms with Crippen molar-refractivity contribution in [2.45, 2.75) is 5.16 Å². The molecular weight excluding hydrogens is 400 g/mol. The Morgan fingerprint density at radius 2 is 1.96 bits per heavy atom. The normalized spacial score (nSPS) is 12.0. The molecule has 5 nitrogen and oxygen atoms in total. The van der Waals surface area contributed by atoms with E-state index in [-0.39, 0.29) is 11.7 Å². The lowest BCUT2D eigenvalue weighted by atomic mass is 10.2. The number of nitrogens with one attached hydrogen (secondary N) is 2. The van der Waals surface area contributed by atoms with Crippen LogP contribution in [0.25, 0.3) is 17.1 Å². The van der Waals surface area contributed by atoms with Crippen LogP contribution in [0.3, 0.4) is 0 Å². The molecule has 0 bridgehead atoms. The van der Waals surface area contributed by atoms with Crippen LogP contribution in [0.2, 0.25) is 0 Å². The van der Waals surface area contributed by atoms with E-state index in [4.69, 9.17) is 0 Å². The first-order valence-corrected chi connectivity index (χ1v) is 9.30. The minimum atomic E-state index is -0.193. The zero-order valence-electron chi connectivity index (χ0n) is 13.1. The number of imidazole rings is 1. The van der Waals surface area contributed by atoms with Gasteiger partial charge in [-0.2, -0.15) is 5.10 Å². The summed E-state index contributed by atoms with van der Waals surface area (Å²) in [4.78, 5) is 19.4. The molecule has 3 rings (SSSR count). The number of hydrogen-bond acceptors (Lipinski definition) is 4. The van der Waals surface area contributed by atoms with Gasteiger partial charge in [-0.3, -0.25) is 4.79 Å². The molecule has 126 valence electrons. The predicted octanol–water partition coefficient (Wildman–Crippen LogP) is 4.19. The summed E-state index contributed by atoms with van der Waals surface area (Å²) >= 11 is 4.74. The number of hydrazone groups is 1. The molecule has 0 radical (unpaired) electrons. The van der Waals surface area contributed by atoms with Gasteiger partial charge in [-0.25, -0.2) is 10.4 Å². The summed E-state index contributed by atoms with van der Waals surface area (Å²) < 4.78 is 0.768. The van der Waals surface area contributed by atoms with Crippen molar-refractivity contribution in [2.24, 2.45) is 5.10 Å². The number of amides is 1. The maximum Gasteiger partial charge on any atom is 0.250 e. The second kappa shape index (κ2) is 8.64. The number of hydrogen-bond donors (Lipinski definition) is 2. The summed E-state index contributed by atoms with van der Waals surface area (Å²) in [5.74, 6) is 0.0405. The van der Waals surface area contributed by atoms with Gasteiger partial charge in [0.05, 0.1) is 23.0 Å². The first-order chi connectivity index (χ1) is 12.2. The highest BCUT2D eigenvalue weighted by molar-refractivity contribution is 9.12. The van der Waals surface area contributed by atoms with E-state index >= 15 is 0 Å². The fourth-order valence-corrected chi connectivity index (χ4v) is 3.12. The number of allylic oxidation sites excluding steroid dienone is 1. The van der Waals surface area contributed by atoms with Crippen molar-refractivity contribution in [1.29, 1.82) is 0 Å². The van der Waals surface area contributed by atoms with Gasteiger partial charge < -0.3 is 4.98 Å². The average molecular weight is 415 g/mol. The number of aromatic amines is 1. The van der Waals surface area contributed by atoms with Crippen molar-refractivity contribution in [3.05, 3.63) is 64.6 Å². The number of para-hydroxylation sites is 2. The monoisotopic (exact) mass is 414 g/mol. The summed E-state index contributed by atoms with van der Waals surface area (Å²) in [6.07, 6.45) is 3.47. The van der Waals surface area contributed by atoms with Crippen LogP contribution in [0.1, 0.15) is 5.56 Å². The molecule has 1 aromatic heterocycles. The fraction of sp³-hybridized carbons (Fsp3) is 0.0556. The average Bonchev–Trinajstić information content (AvgIpc) is 3.04. The summed E-state index contributed by atoms with van der Waals surface area (Å²) in [5.41, 5.74) is 5.39. The van der Waals surface area contributed by atoms with Crippen molar-refractivity contribution in [2.75, 3.05) is 5.75 Å². The number of carbonyl (C=O) groups is 1. The summed E-state index contributed by atoms with van der Waals surface area (Å²) in [6, 6.07) is 17.6. The highest BCUT2D eigenvalue weighted by Gasteiger charge is 2.06. The number of H-pyrrole nitrogens is 1. The molecule has 0 atom stereocenters. The van der Waals surface area contributed by atoms with Crippen LogP contribution >= 0.6 is 27.7 Å². The first kappa shape index (κ1) is 17.4. The number of carbonyl (C=O) groups excluding carboxylic acids is 1. The Morgan fingerprint density at radius 3 is 2.76 bits per heavy atom. The lowest BCUT2D eigenvalue weighted by Gasteiger charge is -1.98. The Morgan fingerprint density at radius 1 is 1.20 bits per heavy atom. The molecule has 0 saturated heterocycles. The van der Waals surface area contributed by atoms with Crippen molar-refractivity contribution < 1.29 is 4.79 Å². The molecule has 1 heterocycles. The molecule has 3 aromatic rings. The van der Waals surface area contributed by atoms with E-state index < -0.39 is 0 Å². The topological polar surface area (TPSA) is 70.1 Å². The highest BCUT2D eigenvalue weighted by atomic mass is 79.9. The second-order valence-electron chi connectivity index (χ2n) is 5.08. The molecule has 1 amide bonds. The van der Waals surface area contributed by atoms with Gasteiger partial charge in [-0.15, -0.1) is 0 Å². The summed E-state index contributed by atoms with van der Waals surface area (Å²) in [6.45, 7) is 0. The van der Waals surface area contributed by atoms with Crippen LogP contribution in [0.4, 0.5) is 0 Å². The predicted molar refractivity (Wildman–Crippen MR) is 107 cm³/mol. The Bertz CT molecular complexity index is 888. The van der Waals surface area contributed by atoms with Gasteiger partial charge in [0, 0.05) is 4.48 Å². The van der Waals surface area contributed by atoms with Crippen LogP contribution in [-0.4, -0.2) is 27.8 Å². The smallest absolute Gasteiger partial charge is 0.250 e. The van der Waals surface area contributed by atoms with E-state index in [0.29, 0.717) is 5.16 Å². The molecule has 0 aliphatic rings. The molecule has 0 unspecified atom stereocenters. The Labute approximate surface area is 157 Å².